The predicted molar refractivity (Wildman–Crippen MR) is 135 cm³/mol. The van der Waals surface area contributed by atoms with Crippen LogP contribution < -0.4 is 15.4 Å². The van der Waals surface area contributed by atoms with E-state index in [1.807, 2.05) is 91.9 Å². The average molecular weight is 457 g/mol. The van der Waals surface area contributed by atoms with Gasteiger partial charge in [-0.1, -0.05) is 36.4 Å². The number of carbonyl (C=O) groups excluding carboxylic acids is 2. The normalized spacial score (nSPS) is 11.6. The Balaban J connectivity index is 1.35. The summed E-state index contributed by atoms with van der Waals surface area (Å²) in [7, 11) is 1.59. The third-order valence-corrected chi connectivity index (χ3v) is 6.26. The van der Waals surface area contributed by atoms with Crippen LogP contribution in [0.5, 0.6) is 5.75 Å². The van der Waals surface area contributed by atoms with Crippen molar-refractivity contribution < 1.29 is 14.3 Å². The maximum atomic E-state index is 12.7. The fourth-order valence-electron chi connectivity index (χ4n) is 3.35. The summed E-state index contributed by atoms with van der Waals surface area (Å²) in [5.74, 6) is 0.434. The maximum Gasteiger partial charge on any atom is 0.255 e. The number of nitrogens with one attached hydrogen (secondary N) is 2. The van der Waals surface area contributed by atoms with Crippen molar-refractivity contribution in [3.05, 3.63) is 96.6 Å². The standard InChI is InChI=1S/C27H24N2O3S/c1-18(26(30)29-23-8-5-9-24(17-23)32-2)33-25-14-12-22(13-15-25)28-27(31)21-11-10-19-6-3-4-7-20(19)16-21/h3-18H,1-2H3,(H,28,31)(H,29,30). The molecule has 0 aliphatic rings. The monoisotopic (exact) mass is 456 g/mol. The van der Waals surface area contributed by atoms with Crippen molar-refractivity contribution in [1.82, 2.24) is 0 Å². The van der Waals surface area contributed by atoms with Crippen molar-refractivity contribution in [2.75, 3.05) is 17.7 Å². The quantitative estimate of drug-likeness (QED) is 0.324. The molecule has 0 saturated carbocycles. The lowest BCUT2D eigenvalue weighted by Crippen LogP contribution is -2.22. The number of hydrogen-bond acceptors (Lipinski definition) is 4. The number of fused-ring (bicyclic) bond motifs is 1. The van der Waals surface area contributed by atoms with Gasteiger partial charge in [0.15, 0.2) is 0 Å². The van der Waals surface area contributed by atoms with E-state index in [1.54, 1.807) is 13.2 Å². The van der Waals surface area contributed by atoms with Crippen LogP contribution >= 0.6 is 11.8 Å². The fourth-order valence-corrected chi connectivity index (χ4v) is 4.22. The van der Waals surface area contributed by atoms with Gasteiger partial charge in [0, 0.05) is 27.9 Å². The Hall–Kier alpha value is -3.77. The van der Waals surface area contributed by atoms with Gasteiger partial charge in [-0.05, 0) is 66.2 Å². The van der Waals surface area contributed by atoms with Gasteiger partial charge in [0.2, 0.25) is 5.91 Å². The summed E-state index contributed by atoms with van der Waals surface area (Å²) in [5.41, 5.74) is 2.00. The van der Waals surface area contributed by atoms with Gasteiger partial charge < -0.3 is 15.4 Å². The molecular weight excluding hydrogens is 432 g/mol. The van der Waals surface area contributed by atoms with Crippen molar-refractivity contribution in [2.24, 2.45) is 0 Å². The lowest BCUT2D eigenvalue weighted by atomic mass is 10.1. The van der Waals surface area contributed by atoms with Crippen molar-refractivity contribution in [1.29, 1.82) is 0 Å². The highest BCUT2D eigenvalue weighted by atomic mass is 32.2. The summed E-state index contributed by atoms with van der Waals surface area (Å²) in [4.78, 5) is 26.1. The largest absolute Gasteiger partial charge is 0.497 e. The summed E-state index contributed by atoms with van der Waals surface area (Å²) in [6.07, 6.45) is 0. The first-order valence-electron chi connectivity index (χ1n) is 10.5. The van der Waals surface area contributed by atoms with Crippen LogP contribution in [0.1, 0.15) is 17.3 Å². The lowest BCUT2D eigenvalue weighted by molar-refractivity contribution is -0.115. The third kappa shape index (κ3) is 5.73. The van der Waals surface area contributed by atoms with Gasteiger partial charge in [-0.2, -0.15) is 0 Å². The van der Waals surface area contributed by atoms with E-state index in [9.17, 15) is 9.59 Å². The first-order chi connectivity index (χ1) is 16.0. The molecule has 4 aromatic rings. The Morgan fingerprint density at radius 3 is 2.30 bits per heavy atom. The van der Waals surface area contributed by atoms with E-state index in [2.05, 4.69) is 10.6 Å². The Labute approximate surface area is 197 Å². The first kappa shape index (κ1) is 22.4. The molecule has 33 heavy (non-hydrogen) atoms. The molecule has 0 saturated heterocycles. The second-order valence-electron chi connectivity index (χ2n) is 7.52. The summed E-state index contributed by atoms with van der Waals surface area (Å²) in [6, 6.07) is 28.3. The van der Waals surface area contributed by atoms with Gasteiger partial charge >= 0.3 is 0 Å². The summed E-state index contributed by atoms with van der Waals surface area (Å²) in [5, 5.41) is 7.66. The number of thioether (sulfide) groups is 1. The number of amides is 2. The number of benzene rings is 4. The van der Waals surface area contributed by atoms with Crippen molar-refractivity contribution in [2.45, 2.75) is 17.1 Å². The Kier molecular flexibility index (Phi) is 6.95. The Morgan fingerprint density at radius 1 is 0.788 bits per heavy atom. The molecule has 166 valence electrons. The molecule has 2 N–H and O–H groups in total. The number of rotatable bonds is 7. The van der Waals surface area contributed by atoms with Crippen LogP contribution in [0.25, 0.3) is 10.8 Å². The maximum absolute atomic E-state index is 12.7. The number of hydrogen-bond donors (Lipinski definition) is 2. The van der Waals surface area contributed by atoms with Crippen molar-refractivity contribution >= 4 is 45.7 Å². The molecule has 0 heterocycles. The molecule has 1 unspecified atom stereocenters. The average Bonchev–Trinajstić information content (AvgIpc) is 2.85. The molecule has 0 aromatic heterocycles. The van der Waals surface area contributed by atoms with Gasteiger partial charge in [0.1, 0.15) is 5.75 Å². The van der Waals surface area contributed by atoms with E-state index in [-0.39, 0.29) is 17.1 Å². The highest BCUT2D eigenvalue weighted by molar-refractivity contribution is 8.00. The summed E-state index contributed by atoms with van der Waals surface area (Å²) in [6.45, 7) is 1.86. The zero-order chi connectivity index (χ0) is 23.2. The number of ether oxygens (including phenoxy) is 1. The molecule has 5 nitrogen and oxygen atoms in total. The molecular formula is C27H24N2O3S. The first-order valence-corrected chi connectivity index (χ1v) is 11.4. The van der Waals surface area contributed by atoms with Gasteiger partial charge in [-0.15, -0.1) is 11.8 Å². The molecule has 2 amide bonds. The molecule has 4 aromatic carbocycles. The van der Waals surface area contributed by atoms with E-state index in [4.69, 9.17) is 4.74 Å². The van der Waals surface area contributed by atoms with Crippen LogP contribution in [0.4, 0.5) is 11.4 Å². The third-order valence-electron chi connectivity index (χ3n) is 5.14. The van der Waals surface area contributed by atoms with Crippen LogP contribution in [0.15, 0.2) is 95.9 Å². The molecule has 0 spiro atoms. The molecule has 0 bridgehead atoms. The van der Waals surface area contributed by atoms with Crippen molar-refractivity contribution in [3.63, 3.8) is 0 Å². The Bertz CT molecular complexity index is 1290. The van der Waals surface area contributed by atoms with Crippen LogP contribution in [0.2, 0.25) is 0 Å². The minimum absolute atomic E-state index is 0.0954. The highest BCUT2D eigenvalue weighted by Crippen LogP contribution is 2.26. The predicted octanol–water partition coefficient (Wildman–Crippen LogP) is 6.22. The molecule has 1 atom stereocenters. The zero-order valence-corrected chi connectivity index (χ0v) is 19.2. The topological polar surface area (TPSA) is 67.4 Å². The van der Waals surface area contributed by atoms with Gasteiger partial charge in [-0.25, -0.2) is 0 Å². The van der Waals surface area contributed by atoms with Crippen LogP contribution in [0.3, 0.4) is 0 Å². The summed E-state index contributed by atoms with van der Waals surface area (Å²) >= 11 is 1.45. The Morgan fingerprint density at radius 2 is 1.55 bits per heavy atom. The molecule has 0 aliphatic carbocycles. The molecule has 6 heteroatoms. The van der Waals surface area contributed by atoms with E-state index >= 15 is 0 Å². The van der Waals surface area contributed by atoms with E-state index in [0.29, 0.717) is 22.7 Å². The fraction of sp³-hybridized carbons (Fsp3) is 0.111. The van der Waals surface area contributed by atoms with E-state index < -0.39 is 0 Å². The van der Waals surface area contributed by atoms with Crippen molar-refractivity contribution in [3.8, 4) is 5.75 Å². The van der Waals surface area contributed by atoms with Gasteiger partial charge in [0.05, 0.1) is 12.4 Å². The SMILES string of the molecule is COc1cccc(NC(=O)C(C)Sc2ccc(NC(=O)c3ccc4ccccc4c3)cc2)c1. The van der Waals surface area contributed by atoms with Crippen LogP contribution in [-0.2, 0) is 4.79 Å². The lowest BCUT2D eigenvalue weighted by Gasteiger charge is -2.13. The minimum Gasteiger partial charge on any atom is -0.497 e. The van der Waals surface area contributed by atoms with Gasteiger partial charge in [0.25, 0.3) is 5.91 Å². The molecule has 0 fully saturated rings. The summed E-state index contributed by atoms with van der Waals surface area (Å²) < 4.78 is 5.19. The number of carbonyl (C=O) groups is 2. The molecule has 4 rings (SSSR count). The second kappa shape index (κ2) is 10.2. The number of methoxy groups -OCH3 is 1. The van der Waals surface area contributed by atoms with E-state index in [1.165, 1.54) is 11.8 Å². The smallest absolute Gasteiger partial charge is 0.255 e. The van der Waals surface area contributed by atoms with E-state index in [0.717, 1.165) is 15.7 Å². The minimum atomic E-state index is -0.297. The van der Waals surface area contributed by atoms with Crippen LogP contribution in [-0.4, -0.2) is 24.2 Å². The second-order valence-corrected chi connectivity index (χ2v) is 8.94. The van der Waals surface area contributed by atoms with Crippen LogP contribution in [0, 0.1) is 0 Å². The highest BCUT2D eigenvalue weighted by Gasteiger charge is 2.15. The number of anilines is 2. The molecule has 0 radical (unpaired) electrons. The van der Waals surface area contributed by atoms with Gasteiger partial charge in [-0.3, -0.25) is 9.59 Å². The zero-order valence-electron chi connectivity index (χ0n) is 18.4. The molecule has 0 aliphatic heterocycles.